The first kappa shape index (κ1) is 16.7. The fourth-order valence-electron chi connectivity index (χ4n) is 2.17. The van der Waals surface area contributed by atoms with Gasteiger partial charge in [0.2, 0.25) is 5.91 Å². The molecular weight excluding hydrogens is 288 g/mol. The van der Waals surface area contributed by atoms with E-state index in [1.54, 1.807) is 24.3 Å². The molecule has 2 N–H and O–H groups in total. The molecule has 0 saturated carbocycles. The minimum absolute atomic E-state index is 0.0640. The molecule has 2 amide bonds. The molecule has 0 aliphatic rings. The third kappa shape index (κ3) is 4.68. The largest absolute Gasteiger partial charge is 0.326 e. The van der Waals surface area contributed by atoms with Crippen LogP contribution in [-0.2, 0) is 10.2 Å². The Balaban J connectivity index is 2.05. The summed E-state index contributed by atoms with van der Waals surface area (Å²) >= 11 is 0. The van der Waals surface area contributed by atoms with Crippen molar-refractivity contribution in [3.63, 3.8) is 0 Å². The first-order valence-electron chi connectivity index (χ1n) is 7.55. The van der Waals surface area contributed by atoms with Gasteiger partial charge in [0.05, 0.1) is 0 Å². The number of amides is 2. The Morgan fingerprint density at radius 2 is 1.26 bits per heavy atom. The smallest absolute Gasteiger partial charge is 0.255 e. The van der Waals surface area contributed by atoms with E-state index in [9.17, 15) is 9.59 Å². The normalized spacial score (nSPS) is 11.0. The van der Waals surface area contributed by atoms with Crippen molar-refractivity contribution in [3.8, 4) is 0 Å². The molecule has 120 valence electrons. The SMILES string of the molecule is CC(=O)Nc1ccc(NC(=O)c2ccc(C(C)(C)C)cc2)cc1. The van der Waals surface area contributed by atoms with Crippen LogP contribution in [0, 0.1) is 0 Å². The zero-order valence-corrected chi connectivity index (χ0v) is 13.9. The predicted octanol–water partition coefficient (Wildman–Crippen LogP) is 4.19. The van der Waals surface area contributed by atoms with E-state index in [0.717, 1.165) is 0 Å². The molecule has 4 nitrogen and oxygen atoms in total. The number of hydrogen-bond acceptors (Lipinski definition) is 2. The van der Waals surface area contributed by atoms with E-state index in [-0.39, 0.29) is 17.2 Å². The van der Waals surface area contributed by atoms with Crippen LogP contribution in [0.4, 0.5) is 11.4 Å². The lowest BCUT2D eigenvalue weighted by Gasteiger charge is -2.19. The van der Waals surface area contributed by atoms with Crippen molar-refractivity contribution in [2.24, 2.45) is 0 Å². The molecule has 0 fully saturated rings. The summed E-state index contributed by atoms with van der Waals surface area (Å²) in [6, 6.07) is 14.6. The number of anilines is 2. The number of carbonyl (C=O) groups is 2. The van der Waals surface area contributed by atoms with Crippen LogP contribution >= 0.6 is 0 Å². The number of benzene rings is 2. The minimum Gasteiger partial charge on any atom is -0.326 e. The van der Waals surface area contributed by atoms with Gasteiger partial charge in [-0.15, -0.1) is 0 Å². The second kappa shape index (κ2) is 6.65. The second-order valence-electron chi connectivity index (χ2n) is 6.54. The molecule has 2 aromatic carbocycles. The second-order valence-corrected chi connectivity index (χ2v) is 6.54. The molecule has 0 aliphatic heterocycles. The summed E-state index contributed by atoms with van der Waals surface area (Å²) in [7, 11) is 0. The standard InChI is InChI=1S/C19H22N2O2/c1-13(22)20-16-9-11-17(12-10-16)21-18(23)14-5-7-15(8-6-14)19(2,3)4/h5-12H,1-4H3,(H,20,22)(H,21,23). The van der Waals surface area contributed by atoms with Crippen molar-refractivity contribution in [2.75, 3.05) is 10.6 Å². The van der Waals surface area contributed by atoms with Crippen LogP contribution in [-0.4, -0.2) is 11.8 Å². The van der Waals surface area contributed by atoms with Crippen LogP contribution in [0.3, 0.4) is 0 Å². The zero-order chi connectivity index (χ0) is 17.0. The lowest BCUT2D eigenvalue weighted by molar-refractivity contribution is -0.114. The maximum atomic E-state index is 12.3. The lowest BCUT2D eigenvalue weighted by Crippen LogP contribution is -2.14. The van der Waals surface area contributed by atoms with Crippen LogP contribution in [0.2, 0.25) is 0 Å². The Morgan fingerprint density at radius 3 is 1.70 bits per heavy atom. The van der Waals surface area contributed by atoms with Gasteiger partial charge in [-0.05, 0) is 47.4 Å². The lowest BCUT2D eigenvalue weighted by atomic mass is 9.87. The molecule has 0 radical (unpaired) electrons. The van der Waals surface area contributed by atoms with Crippen molar-refractivity contribution in [3.05, 3.63) is 59.7 Å². The summed E-state index contributed by atoms with van der Waals surface area (Å²) in [5, 5.41) is 5.53. The van der Waals surface area contributed by atoms with Gasteiger partial charge in [-0.25, -0.2) is 0 Å². The molecule has 23 heavy (non-hydrogen) atoms. The first-order valence-corrected chi connectivity index (χ1v) is 7.55. The average Bonchev–Trinajstić information content (AvgIpc) is 2.48. The van der Waals surface area contributed by atoms with Gasteiger partial charge >= 0.3 is 0 Å². The third-order valence-electron chi connectivity index (χ3n) is 3.48. The molecule has 0 aromatic heterocycles. The molecule has 0 unspecified atom stereocenters. The summed E-state index contributed by atoms with van der Waals surface area (Å²) in [5.41, 5.74) is 3.25. The average molecular weight is 310 g/mol. The third-order valence-corrected chi connectivity index (χ3v) is 3.48. The fourth-order valence-corrected chi connectivity index (χ4v) is 2.17. The summed E-state index contributed by atoms with van der Waals surface area (Å²) in [5.74, 6) is -0.279. The molecule has 0 bridgehead atoms. The highest BCUT2D eigenvalue weighted by molar-refractivity contribution is 6.04. The number of nitrogens with one attached hydrogen (secondary N) is 2. The van der Waals surface area contributed by atoms with E-state index in [2.05, 4.69) is 31.4 Å². The minimum atomic E-state index is -0.155. The predicted molar refractivity (Wildman–Crippen MR) is 93.8 cm³/mol. The summed E-state index contributed by atoms with van der Waals surface area (Å²) < 4.78 is 0. The Hall–Kier alpha value is -2.62. The van der Waals surface area contributed by atoms with Crippen LogP contribution in [0.15, 0.2) is 48.5 Å². The maximum absolute atomic E-state index is 12.3. The van der Waals surface area contributed by atoms with Crippen molar-refractivity contribution < 1.29 is 9.59 Å². The molecule has 2 rings (SSSR count). The molecule has 0 saturated heterocycles. The monoisotopic (exact) mass is 310 g/mol. The Morgan fingerprint density at radius 1 is 0.783 bits per heavy atom. The molecule has 0 aliphatic carbocycles. The van der Waals surface area contributed by atoms with Crippen LogP contribution in [0.1, 0.15) is 43.6 Å². The summed E-state index contributed by atoms with van der Waals surface area (Å²) in [6.45, 7) is 7.87. The molecule has 0 heterocycles. The molecule has 2 aromatic rings. The summed E-state index contributed by atoms with van der Waals surface area (Å²) in [4.78, 5) is 23.2. The van der Waals surface area contributed by atoms with E-state index in [1.165, 1.54) is 12.5 Å². The van der Waals surface area contributed by atoms with Gasteiger partial charge < -0.3 is 10.6 Å². The zero-order valence-electron chi connectivity index (χ0n) is 13.9. The highest BCUT2D eigenvalue weighted by atomic mass is 16.2. The van der Waals surface area contributed by atoms with Gasteiger partial charge in [-0.1, -0.05) is 32.9 Å². The van der Waals surface area contributed by atoms with Gasteiger partial charge in [-0.3, -0.25) is 9.59 Å². The van der Waals surface area contributed by atoms with Gasteiger partial charge in [0.25, 0.3) is 5.91 Å². The number of carbonyl (C=O) groups excluding carboxylic acids is 2. The van der Waals surface area contributed by atoms with Crippen molar-refractivity contribution in [1.29, 1.82) is 0 Å². The topological polar surface area (TPSA) is 58.2 Å². The van der Waals surface area contributed by atoms with Gasteiger partial charge in [0.1, 0.15) is 0 Å². The number of rotatable bonds is 3. The van der Waals surface area contributed by atoms with Crippen molar-refractivity contribution >= 4 is 23.2 Å². The van der Waals surface area contributed by atoms with Gasteiger partial charge in [-0.2, -0.15) is 0 Å². The molecule has 0 atom stereocenters. The van der Waals surface area contributed by atoms with E-state index >= 15 is 0 Å². The molecular formula is C19H22N2O2. The Bertz CT molecular complexity index is 696. The Kier molecular flexibility index (Phi) is 4.84. The molecule has 0 spiro atoms. The van der Waals surface area contributed by atoms with Crippen molar-refractivity contribution in [1.82, 2.24) is 0 Å². The quantitative estimate of drug-likeness (QED) is 0.893. The highest BCUT2D eigenvalue weighted by Crippen LogP contribution is 2.22. The van der Waals surface area contributed by atoms with E-state index < -0.39 is 0 Å². The first-order chi connectivity index (χ1) is 10.8. The number of hydrogen-bond donors (Lipinski definition) is 2. The van der Waals surface area contributed by atoms with Gasteiger partial charge in [0.15, 0.2) is 0 Å². The highest BCUT2D eigenvalue weighted by Gasteiger charge is 2.14. The van der Waals surface area contributed by atoms with Crippen molar-refractivity contribution in [2.45, 2.75) is 33.1 Å². The molecule has 4 heteroatoms. The van der Waals surface area contributed by atoms with Crippen LogP contribution in [0.25, 0.3) is 0 Å². The maximum Gasteiger partial charge on any atom is 0.255 e. The van der Waals surface area contributed by atoms with E-state index in [1.807, 2.05) is 24.3 Å². The Labute approximate surface area is 136 Å². The van der Waals surface area contributed by atoms with E-state index in [0.29, 0.717) is 16.9 Å². The summed E-state index contributed by atoms with van der Waals surface area (Å²) in [6.07, 6.45) is 0. The van der Waals surface area contributed by atoms with Crippen LogP contribution < -0.4 is 10.6 Å². The van der Waals surface area contributed by atoms with Gasteiger partial charge in [0, 0.05) is 23.9 Å². The van der Waals surface area contributed by atoms with E-state index in [4.69, 9.17) is 0 Å². The fraction of sp³-hybridized carbons (Fsp3) is 0.263. The van der Waals surface area contributed by atoms with Crippen LogP contribution in [0.5, 0.6) is 0 Å².